The van der Waals surface area contributed by atoms with Crippen molar-refractivity contribution in [2.75, 3.05) is 32.1 Å². The SMILES string of the molecule is CN1CC=Cc2ccc(O)c(C3C(O)CCC4CCCN(C)C43)c21. The van der Waals surface area contributed by atoms with Crippen LogP contribution in [0.4, 0.5) is 5.69 Å². The average molecular weight is 328 g/mol. The number of benzene rings is 1. The van der Waals surface area contributed by atoms with Crippen LogP contribution in [0, 0.1) is 5.92 Å². The molecule has 24 heavy (non-hydrogen) atoms. The number of aliphatic hydroxyl groups is 1. The van der Waals surface area contributed by atoms with Gasteiger partial charge in [-0.25, -0.2) is 0 Å². The molecule has 1 aliphatic carbocycles. The number of likely N-dealkylation sites (N-methyl/N-ethyl adjacent to an activating group) is 2. The number of rotatable bonds is 1. The molecule has 4 rings (SSSR count). The van der Waals surface area contributed by atoms with Crippen molar-refractivity contribution in [2.45, 2.75) is 43.7 Å². The smallest absolute Gasteiger partial charge is 0.121 e. The van der Waals surface area contributed by atoms with Gasteiger partial charge in [0.2, 0.25) is 0 Å². The quantitative estimate of drug-likeness (QED) is 0.832. The molecule has 0 spiro atoms. The van der Waals surface area contributed by atoms with Gasteiger partial charge in [0.1, 0.15) is 5.75 Å². The zero-order valence-electron chi connectivity index (χ0n) is 14.7. The molecule has 4 nitrogen and oxygen atoms in total. The van der Waals surface area contributed by atoms with Gasteiger partial charge in [-0.05, 0) is 62.9 Å². The van der Waals surface area contributed by atoms with Crippen molar-refractivity contribution in [1.82, 2.24) is 4.90 Å². The molecule has 2 N–H and O–H groups in total. The summed E-state index contributed by atoms with van der Waals surface area (Å²) in [6.07, 6.45) is 8.31. The molecule has 0 aromatic heterocycles. The highest BCUT2D eigenvalue weighted by molar-refractivity contribution is 5.77. The number of hydrogen-bond donors (Lipinski definition) is 2. The Morgan fingerprint density at radius 2 is 1.96 bits per heavy atom. The van der Waals surface area contributed by atoms with E-state index >= 15 is 0 Å². The summed E-state index contributed by atoms with van der Waals surface area (Å²) in [5.41, 5.74) is 3.20. The summed E-state index contributed by atoms with van der Waals surface area (Å²) in [4.78, 5) is 4.61. The molecule has 1 aromatic carbocycles. The monoisotopic (exact) mass is 328 g/mol. The maximum atomic E-state index is 10.9. The van der Waals surface area contributed by atoms with Gasteiger partial charge in [-0.15, -0.1) is 0 Å². The molecule has 2 aliphatic heterocycles. The lowest BCUT2D eigenvalue weighted by Gasteiger charge is -2.49. The molecule has 1 aromatic rings. The lowest BCUT2D eigenvalue weighted by Crippen LogP contribution is -2.52. The minimum absolute atomic E-state index is 0.0158. The van der Waals surface area contributed by atoms with Gasteiger partial charge < -0.3 is 20.0 Å². The second kappa shape index (κ2) is 6.08. The van der Waals surface area contributed by atoms with Crippen LogP contribution in [0.1, 0.15) is 42.7 Å². The maximum absolute atomic E-state index is 10.9. The number of phenolic OH excluding ortho intramolecular Hbond substituents is 1. The third-order valence-corrected chi connectivity index (χ3v) is 6.31. The van der Waals surface area contributed by atoms with E-state index in [0.29, 0.717) is 17.7 Å². The van der Waals surface area contributed by atoms with Crippen molar-refractivity contribution >= 4 is 11.8 Å². The van der Waals surface area contributed by atoms with Crippen LogP contribution in [-0.4, -0.2) is 54.4 Å². The summed E-state index contributed by atoms with van der Waals surface area (Å²) in [5, 5.41) is 21.7. The van der Waals surface area contributed by atoms with Crippen molar-refractivity contribution in [2.24, 2.45) is 5.92 Å². The second-order valence-corrected chi connectivity index (χ2v) is 7.76. The summed E-state index contributed by atoms with van der Waals surface area (Å²) in [6.45, 7) is 1.92. The van der Waals surface area contributed by atoms with Gasteiger partial charge in [0.25, 0.3) is 0 Å². The molecule has 0 bridgehead atoms. The number of aromatic hydroxyl groups is 1. The minimum Gasteiger partial charge on any atom is -0.508 e. The van der Waals surface area contributed by atoms with Crippen LogP contribution in [-0.2, 0) is 0 Å². The molecular formula is C20H28N2O2. The number of anilines is 1. The van der Waals surface area contributed by atoms with E-state index in [9.17, 15) is 10.2 Å². The Bertz CT molecular complexity index is 657. The van der Waals surface area contributed by atoms with Crippen LogP contribution in [0.5, 0.6) is 5.75 Å². The second-order valence-electron chi connectivity index (χ2n) is 7.76. The molecule has 2 heterocycles. The summed E-state index contributed by atoms with van der Waals surface area (Å²) < 4.78 is 0. The third-order valence-electron chi connectivity index (χ3n) is 6.31. The molecule has 2 fully saturated rings. The molecule has 0 radical (unpaired) electrons. The number of likely N-dealkylation sites (tertiary alicyclic amines) is 1. The highest BCUT2D eigenvalue weighted by atomic mass is 16.3. The summed E-state index contributed by atoms with van der Waals surface area (Å²) >= 11 is 0. The first-order chi connectivity index (χ1) is 11.6. The van der Waals surface area contributed by atoms with E-state index in [1.807, 2.05) is 6.07 Å². The topological polar surface area (TPSA) is 46.9 Å². The number of aliphatic hydroxyl groups excluding tert-OH is 1. The van der Waals surface area contributed by atoms with Crippen molar-refractivity contribution in [3.63, 3.8) is 0 Å². The van der Waals surface area contributed by atoms with Crippen LogP contribution in [0.3, 0.4) is 0 Å². The van der Waals surface area contributed by atoms with Gasteiger partial charge in [0.05, 0.1) is 11.8 Å². The summed E-state index contributed by atoms with van der Waals surface area (Å²) in [7, 11) is 4.25. The largest absolute Gasteiger partial charge is 0.508 e. The van der Waals surface area contributed by atoms with E-state index in [1.165, 1.54) is 12.8 Å². The first-order valence-corrected chi connectivity index (χ1v) is 9.19. The van der Waals surface area contributed by atoms with E-state index in [-0.39, 0.29) is 12.0 Å². The Labute approximate surface area is 144 Å². The van der Waals surface area contributed by atoms with Crippen LogP contribution >= 0.6 is 0 Å². The van der Waals surface area contributed by atoms with Gasteiger partial charge in [0, 0.05) is 31.1 Å². The maximum Gasteiger partial charge on any atom is 0.121 e. The van der Waals surface area contributed by atoms with E-state index in [0.717, 1.165) is 42.7 Å². The van der Waals surface area contributed by atoms with Crippen molar-refractivity contribution in [1.29, 1.82) is 0 Å². The Morgan fingerprint density at radius 1 is 1.12 bits per heavy atom. The van der Waals surface area contributed by atoms with Crippen LogP contribution in [0.2, 0.25) is 0 Å². The number of phenols is 1. The minimum atomic E-state index is -0.386. The average Bonchev–Trinajstić information content (AvgIpc) is 2.57. The normalized spacial score (nSPS) is 33.2. The van der Waals surface area contributed by atoms with E-state index in [4.69, 9.17) is 0 Å². The molecule has 130 valence electrons. The fourth-order valence-corrected chi connectivity index (χ4v) is 5.25. The molecule has 0 amide bonds. The molecule has 4 heteroatoms. The third kappa shape index (κ3) is 2.44. The summed E-state index contributed by atoms with van der Waals surface area (Å²) in [5.74, 6) is 0.939. The first kappa shape index (κ1) is 16.0. The lowest BCUT2D eigenvalue weighted by molar-refractivity contribution is -0.00830. The Morgan fingerprint density at radius 3 is 2.79 bits per heavy atom. The van der Waals surface area contributed by atoms with Gasteiger partial charge in [-0.3, -0.25) is 0 Å². The number of nitrogens with zero attached hydrogens (tertiary/aromatic N) is 2. The van der Waals surface area contributed by atoms with Gasteiger partial charge in [-0.2, -0.15) is 0 Å². The lowest BCUT2D eigenvalue weighted by atomic mass is 9.67. The summed E-state index contributed by atoms with van der Waals surface area (Å²) in [6, 6.07) is 4.10. The van der Waals surface area contributed by atoms with Crippen LogP contribution < -0.4 is 4.90 Å². The van der Waals surface area contributed by atoms with Crippen LogP contribution in [0.25, 0.3) is 6.08 Å². The first-order valence-electron chi connectivity index (χ1n) is 9.19. The Kier molecular flexibility index (Phi) is 4.05. The fraction of sp³-hybridized carbons (Fsp3) is 0.600. The molecule has 4 unspecified atom stereocenters. The van der Waals surface area contributed by atoms with Gasteiger partial charge in [-0.1, -0.05) is 12.2 Å². The number of hydrogen-bond acceptors (Lipinski definition) is 4. The number of piperidine rings is 1. The zero-order chi connectivity index (χ0) is 16.8. The van der Waals surface area contributed by atoms with Crippen molar-refractivity contribution in [3.8, 4) is 5.75 Å². The van der Waals surface area contributed by atoms with E-state index < -0.39 is 0 Å². The predicted octanol–water partition coefficient (Wildman–Crippen LogP) is 2.80. The van der Waals surface area contributed by atoms with E-state index in [1.54, 1.807) is 6.07 Å². The molecule has 4 atom stereocenters. The van der Waals surface area contributed by atoms with Crippen molar-refractivity contribution in [3.05, 3.63) is 29.3 Å². The molecule has 3 aliphatic rings. The standard InChI is InChI=1S/C20H28N2O2/c1-21-11-3-5-13-7-9-15(23)17(19(13)21)18-16(24)10-8-14-6-4-12-22(2)20(14)18/h3,5,7,9,14,16,18,20,23-24H,4,6,8,10-12H2,1-2H3. The van der Waals surface area contributed by atoms with Gasteiger partial charge in [0.15, 0.2) is 0 Å². The van der Waals surface area contributed by atoms with Crippen molar-refractivity contribution < 1.29 is 10.2 Å². The molecule has 1 saturated heterocycles. The predicted molar refractivity (Wildman–Crippen MR) is 97.5 cm³/mol. The Balaban J connectivity index is 1.86. The highest BCUT2D eigenvalue weighted by Crippen LogP contribution is 2.49. The van der Waals surface area contributed by atoms with E-state index in [2.05, 4.69) is 36.0 Å². The highest BCUT2D eigenvalue weighted by Gasteiger charge is 2.45. The number of fused-ring (bicyclic) bond motifs is 2. The van der Waals surface area contributed by atoms with Crippen LogP contribution in [0.15, 0.2) is 18.2 Å². The zero-order valence-corrected chi connectivity index (χ0v) is 14.7. The molecule has 1 saturated carbocycles. The molecular weight excluding hydrogens is 300 g/mol. The van der Waals surface area contributed by atoms with Gasteiger partial charge >= 0.3 is 0 Å². The fourth-order valence-electron chi connectivity index (χ4n) is 5.25. The Hall–Kier alpha value is -1.52.